The van der Waals surface area contributed by atoms with E-state index in [1.54, 1.807) is 7.11 Å². The Balaban J connectivity index is 2.84. The van der Waals surface area contributed by atoms with E-state index in [0.717, 1.165) is 23.0 Å². The van der Waals surface area contributed by atoms with Crippen LogP contribution < -0.4 is 14.8 Å². The summed E-state index contributed by atoms with van der Waals surface area (Å²) < 4.78 is 11.6. The van der Waals surface area contributed by atoms with Gasteiger partial charge >= 0.3 is 0 Å². The maximum atomic E-state index is 9.20. The van der Waals surface area contributed by atoms with Gasteiger partial charge in [0, 0.05) is 5.56 Å². The summed E-state index contributed by atoms with van der Waals surface area (Å²) in [4.78, 5) is 0. The minimum Gasteiger partial charge on any atom is -0.493 e. The SMILES string of the molecule is C#CCOc1c(Br)cc(C[NH2+][C@@H](CC)CO)cc1OC. The number of rotatable bonds is 8. The Hall–Kier alpha value is -1.22. The molecule has 0 unspecified atom stereocenters. The predicted molar refractivity (Wildman–Crippen MR) is 81.8 cm³/mol. The summed E-state index contributed by atoms with van der Waals surface area (Å²) in [7, 11) is 1.60. The molecule has 0 bridgehead atoms. The smallest absolute Gasteiger partial charge is 0.176 e. The van der Waals surface area contributed by atoms with Crippen molar-refractivity contribution in [3.63, 3.8) is 0 Å². The van der Waals surface area contributed by atoms with Crippen LogP contribution in [0.15, 0.2) is 16.6 Å². The van der Waals surface area contributed by atoms with Crippen LogP contribution in [0.4, 0.5) is 0 Å². The van der Waals surface area contributed by atoms with E-state index in [4.69, 9.17) is 15.9 Å². The molecule has 5 heteroatoms. The van der Waals surface area contributed by atoms with Crippen LogP contribution in [-0.2, 0) is 6.54 Å². The third kappa shape index (κ3) is 4.71. The van der Waals surface area contributed by atoms with Gasteiger partial charge in [0.1, 0.15) is 19.2 Å². The van der Waals surface area contributed by atoms with Crippen LogP contribution in [0, 0.1) is 12.3 Å². The Morgan fingerprint density at radius 3 is 2.80 bits per heavy atom. The fourth-order valence-corrected chi connectivity index (χ4v) is 2.42. The average Bonchev–Trinajstić information content (AvgIpc) is 2.46. The Kier molecular flexibility index (Phi) is 7.45. The summed E-state index contributed by atoms with van der Waals surface area (Å²) in [6.45, 7) is 3.20. The molecule has 0 saturated heterocycles. The molecule has 0 aliphatic carbocycles. The van der Waals surface area contributed by atoms with E-state index >= 15 is 0 Å². The maximum Gasteiger partial charge on any atom is 0.176 e. The van der Waals surface area contributed by atoms with Crippen molar-refractivity contribution in [1.82, 2.24) is 0 Å². The first-order valence-electron chi connectivity index (χ1n) is 6.53. The molecule has 0 aromatic heterocycles. The molecular weight excluding hydrogens is 322 g/mol. The van der Waals surface area contributed by atoms with Crippen molar-refractivity contribution in [3.8, 4) is 23.8 Å². The van der Waals surface area contributed by atoms with Gasteiger partial charge in [-0.25, -0.2) is 0 Å². The van der Waals surface area contributed by atoms with Crippen LogP contribution in [0.1, 0.15) is 18.9 Å². The van der Waals surface area contributed by atoms with E-state index in [0.29, 0.717) is 11.5 Å². The second-order valence-electron chi connectivity index (χ2n) is 4.39. The number of ether oxygens (including phenoxy) is 2. The lowest BCUT2D eigenvalue weighted by Crippen LogP contribution is -2.89. The van der Waals surface area contributed by atoms with Crippen molar-refractivity contribution in [2.45, 2.75) is 25.9 Å². The summed E-state index contributed by atoms with van der Waals surface area (Å²) in [6, 6.07) is 4.13. The third-order valence-electron chi connectivity index (χ3n) is 3.03. The van der Waals surface area contributed by atoms with Gasteiger partial charge in [0.2, 0.25) is 0 Å². The summed E-state index contributed by atoms with van der Waals surface area (Å²) >= 11 is 3.47. The van der Waals surface area contributed by atoms with E-state index in [9.17, 15) is 5.11 Å². The summed E-state index contributed by atoms with van der Waals surface area (Å²) in [6.07, 6.45) is 6.13. The van der Waals surface area contributed by atoms with Crippen molar-refractivity contribution in [2.75, 3.05) is 20.3 Å². The number of aliphatic hydroxyl groups is 1. The quantitative estimate of drug-likeness (QED) is 0.700. The zero-order valence-corrected chi connectivity index (χ0v) is 13.4. The molecule has 0 spiro atoms. The number of halogens is 1. The van der Waals surface area contributed by atoms with E-state index < -0.39 is 0 Å². The van der Waals surface area contributed by atoms with Gasteiger partial charge < -0.3 is 19.9 Å². The first-order valence-corrected chi connectivity index (χ1v) is 7.32. The van der Waals surface area contributed by atoms with Gasteiger partial charge in [-0.3, -0.25) is 0 Å². The molecule has 0 heterocycles. The van der Waals surface area contributed by atoms with Gasteiger partial charge in [0.15, 0.2) is 11.5 Å². The predicted octanol–water partition coefficient (Wildman–Crippen LogP) is 1.30. The minimum absolute atomic E-state index is 0.179. The van der Waals surface area contributed by atoms with Crippen molar-refractivity contribution >= 4 is 15.9 Å². The molecule has 20 heavy (non-hydrogen) atoms. The monoisotopic (exact) mass is 342 g/mol. The van der Waals surface area contributed by atoms with Crippen molar-refractivity contribution in [2.24, 2.45) is 0 Å². The molecule has 4 nitrogen and oxygen atoms in total. The van der Waals surface area contributed by atoms with Gasteiger partial charge in [-0.05, 0) is 34.5 Å². The number of nitrogens with two attached hydrogens (primary N) is 1. The molecule has 3 N–H and O–H groups in total. The number of benzene rings is 1. The lowest BCUT2D eigenvalue weighted by molar-refractivity contribution is -0.706. The van der Waals surface area contributed by atoms with Crippen molar-refractivity contribution in [1.29, 1.82) is 0 Å². The molecule has 110 valence electrons. The Labute approximate surface area is 128 Å². The van der Waals surface area contributed by atoms with Crippen LogP contribution in [0.5, 0.6) is 11.5 Å². The fourth-order valence-electron chi connectivity index (χ4n) is 1.82. The molecule has 0 radical (unpaired) electrons. The van der Waals surface area contributed by atoms with Crippen molar-refractivity contribution in [3.05, 3.63) is 22.2 Å². The van der Waals surface area contributed by atoms with E-state index in [1.165, 1.54) is 0 Å². The van der Waals surface area contributed by atoms with Crippen LogP contribution in [-0.4, -0.2) is 31.5 Å². The van der Waals surface area contributed by atoms with Crippen LogP contribution in [0.25, 0.3) is 0 Å². The summed E-state index contributed by atoms with van der Waals surface area (Å²) in [5.41, 5.74) is 1.09. The van der Waals surface area contributed by atoms with E-state index in [2.05, 4.69) is 34.1 Å². The number of terminal acetylenes is 1. The number of quaternary nitrogens is 1. The molecule has 1 atom stereocenters. The topological polar surface area (TPSA) is 55.3 Å². The first-order chi connectivity index (χ1) is 9.65. The molecule has 1 aromatic carbocycles. The van der Waals surface area contributed by atoms with Crippen LogP contribution >= 0.6 is 15.9 Å². The number of hydrogen-bond donors (Lipinski definition) is 2. The largest absolute Gasteiger partial charge is 0.493 e. The highest BCUT2D eigenvalue weighted by Crippen LogP contribution is 2.36. The number of hydrogen-bond acceptors (Lipinski definition) is 3. The molecular formula is C15H21BrNO3+. The lowest BCUT2D eigenvalue weighted by Gasteiger charge is -2.14. The van der Waals surface area contributed by atoms with Crippen molar-refractivity contribution < 1.29 is 19.9 Å². The first kappa shape index (κ1) is 16.8. The summed E-state index contributed by atoms with van der Waals surface area (Å²) in [5.74, 6) is 3.69. The Morgan fingerprint density at radius 1 is 1.50 bits per heavy atom. The highest BCUT2D eigenvalue weighted by molar-refractivity contribution is 9.10. The molecule has 1 aromatic rings. The number of aliphatic hydroxyl groups excluding tert-OH is 1. The van der Waals surface area contributed by atoms with Gasteiger partial charge in [0.25, 0.3) is 0 Å². The zero-order valence-electron chi connectivity index (χ0n) is 11.9. The molecule has 1 rings (SSSR count). The van der Waals surface area contributed by atoms with Gasteiger partial charge in [-0.2, -0.15) is 0 Å². The summed E-state index contributed by atoms with van der Waals surface area (Å²) in [5, 5.41) is 11.3. The van der Waals surface area contributed by atoms with Crippen LogP contribution in [0.2, 0.25) is 0 Å². The van der Waals surface area contributed by atoms with E-state index in [-0.39, 0.29) is 19.3 Å². The minimum atomic E-state index is 0.179. The normalized spacial score (nSPS) is 11.8. The Morgan fingerprint density at radius 2 is 2.25 bits per heavy atom. The Bertz CT molecular complexity index is 467. The number of methoxy groups -OCH3 is 1. The highest BCUT2D eigenvalue weighted by Gasteiger charge is 2.14. The second kappa shape index (κ2) is 8.85. The molecule has 0 aliphatic rings. The average molecular weight is 343 g/mol. The maximum absolute atomic E-state index is 9.20. The third-order valence-corrected chi connectivity index (χ3v) is 3.62. The van der Waals surface area contributed by atoms with Gasteiger partial charge in [0.05, 0.1) is 18.2 Å². The van der Waals surface area contributed by atoms with Crippen LogP contribution in [0.3, 0.4) is 0 Å². The lowest BCUT2D eigenvalue weighted by atomic mass is 10.1. The molecule has 0 fully saturated rings. The highest BCUT2D eigenvalue weighted by atomic mass is 79.9. The molecule has 0 saturated carbocycles. The second-order valence-corrected chi connectivity index (χ2v) is 5.25. The fraction of sp³-hybridized carbons (Fsp3) is 0.467. The molecule has 0 aliphatic heterocycles. The zero-order chi connectivity index (χ0) is 15.0. The molecule has 0 amide bonds. The van der Waals surface area contributed by atoms with Gasteiger partial charge in [-0.15, -0.1) is 6.42 Å². The van der Waals surface area contributed by atoms with E-state index in [1.807, 2.05) is 12.1 Å². The van der Waals surface area contributed by atoms with Gasteiger partial charge in [-0.1, -0.05) is 12.8 Å². The standard InChI is InChI=1S/C15H20BrNO3/c1-4-6-20-15-13(16)7-11(8-14(15)19-3)9-17-12(5-2)10-18/h1,7-8,12,17-18H,5-6,9-10H2,2-3H3/p+1/t12-/m0/s1.